The molecule has 0 radical (unpaired) electrons. The minimum Gasteiger partial charge on any atom is -0.322 e. The molecule has 2 rings (SSSR count). The Morgan fingerprint density at radius 1 is 1.05 bits per heavy atom. The number of rotatable bonds is 1. The summed E-state index contributed by atoms with van der Waals surface area (Å²) in [5.41, 5.74) is -1.13. The molecular formula is C14H11F4NO. The Bertz CT molecular complexity index is 693. The number of nitrogens with one attached hydrogen (secondary N) is 1. The molecule has 0 spiro atoms. The first-order valence-electron chi connectivity index (χ1n) is 5.77. The summed E-state index contributed by atoms with van der Waals surface area (Å²) in [4.78, 5) is 13.6. The van der Waals surface area contributed by atoms with E-state index in [9.17, 15) is 22.4 Å². The summed E-state index contributed by atoms with van der Waals surface area (Å²) in [6.45, 7) is 3.25. The molecule has 0 atom stereocenters. The van der Waals surface area contributed by atoms with Crippen molar-refractivity contribution in [2.75, 3.05) is 0 Å². The zero-order valence-corrected chi connectivity index (χ0v) is 10.7. The van der Waals surface area contributed by atoms with Gasteiger partial charge >= 0.3 is 6.18 Å². The van der Waals surface area contributed by atoms with E-state index < -0.39 is 23.1 Å². The fourth-order valence-corrected chi connectivity index (χ4v) is 2.10. The Kier molecular flexibility index (Phi) is 3.41. The largest absolute Gasteiger partial charge is 0.416 e. The van der Waals surface area contributed by atoms with Gasteiger partial charge in [-0.3, -0.25) is 4.79 Å². The van der Waals surface area contributed by atoms with Crippen LogP contribution in [0.3, 0.4) is 0 Å². The molecular weight excluding hydrogens is 274 g/mol. The van der Waals surface area contributed by atoms with Gasteiger partial charge in [0, 0.05) is 11.6 Å². The van der Waals surface area contributed by atoms with Gasteiger partial charge in [-0.2, -0.15) is 13.2 Å². The van der Waals surface area contributed by atoms with E-state index in [1.54, 1.807) is 19.9 Å². The molecule has 2 nitrogen and oxygen atoms in total. The van der Waals surface area contributed by atoms with Crippen LogP contribution in [0.1, 0.15) is 16.7 Å². The summed E-state index contributed by atoms with van der Waals surface area (Å²) in [6, 6.07) is 4.03. The van der Waals surface area contributed by atoms with Gasteiger partial charge in [0.15, 0.2) is 0 Å². The van der Waals surface area contributed by atoms with Crippen molar-refractivity contribution < 1.29 is 17.6 Å². The van der Waals surface area contributed by atoms with Crippen molar-refractivity contribution >= 4 is 0 Å². The second-order valence-corrected chi connectivity index (χ2v) is 4.58. The monoisotopic (exact) mass is 285 g/mol. The van der Waals surface area contributed by atoms with Gasteiger partial charge in [-0.15, -0.1) is 0 Å². The van der Waals surface area contributed by atoms with E-state index in [4.69, 9.17) is 0 Å². The number of hydrogen-bond acceptors (Lipinski definition) is 1. The maximum absolute atomic E-state index is 14.0. The highest BCUT2D eigenvalue weighted by molar-refractivity contribution is 5.65. The summed E-state index contributed by atoms with van der Waals surface area (Å²) in [5.74, 6) is -0.669. The number of benzene rings is 1. The van der Waals surface area contributed by atoms with Gasteiger partial charge in [0.2, 0.25) is 5.56 Å². The minimum absolute atomic E-state index is 0.0289. The number of alkyl halides is 3. The number of aryl methyl sites for hydroxylation is 2. The van der Waals surface area contributed by atoms with Crippen LogP contribution in [0.5, 0.6) is 0 Å². The third kappa shape index (κ3) is 2.74. The number of pyridine rings is 1. The average molecular weight is 285 g/mol. The highest BCUT2D eigenvalue weighted by Gasteiger charge is 2.31. The number of hydrogen-bond donors (Lipinski definition) is 1. The topological polar surface area (TPSA) is 32.9 Å². The summed E-state index contributed by atoms with van der Waals surface area (Å²) < 4.78 is 52.0. The highest BCUT2D eigenvalue weighted by Crippen LogP contribution is 2.32. The van der Waals surface area contributed by atoms with E-state index in [0.29, 0.717) is 17.2 Å². The lowest BCUT2D eigenvalue weighted by atomic mass is 10.0. The van der Waals surface area contributed by atoms with Crippen molar-refractivity contribution in [3.63, 3.8) is 0 Å². The first-order valence-corrected chi connectivity index (χ1v) is 5.77. The predicted molar refractivity (Wildman–Crippen MR) is 66.9 cm³/mol. The van der Waals surface area contributed by atoms with Gasteiger partial charge in [-0.05, 0) is 37.1 Å². The summed E-state index contributed by atoms with van der Waals surface area (Å²) in [6.07, 6.45) is -4.65. The zero-order chi connectivity index (χ0) is 15.1. The molecule has 0 saturated heterocycles. The van der Waals surface area contributed by atoms with Crippen molar-refractivity contribution in [3.05, 3.63) is 57.1 Å². The molecule has 20 heavy (non-hydrogen) atoms. The van der Waals surface area contributed by atoms with Crippen molar-refractivity contribution in [3.8, 4) is 11.3 Å². The maximum Gasteiger partial charge on any atom is 0.416 e. The van der Waals surface area contributed by atoms with Gasteiger partial charge in [0.1, 0.15) is 5.82 Å². The average Bonchev–Trinajstić information content (AvgIpc) is 2.25. The third-order valence-corrected chi connectivity index (χ3v) is 2.87. The van der Waals surface area contributed by atoms with Crippen LogP contribution < -0.4 is 5.56 Å². The molecule has 0 amide bonds. The molecule has 0 aliphatic rings. The van der Waals surface area contributed by atoms with Gasteiger partial charge in [-0.1, -0.05) is 6.07 Å². The second kappa shape index (κ2) is 4.77. The van der Waals surface area contributed by atoms with Gasteiger partial charge in [-0.25, -0.2) is 4.39 Å². The van der Waals surface area contributed by atoms with Crippen LogP contribution in [0.2, 0.25) is 0 Å². The molecule has 1 aromatic carbocycles. The van der Waals surface area contributed by atoms with Crippen molar-refractivity contribution in [1.29, 1.82) is 0 Å². The smallest absolute Gasteiger partial charge is 0.322 e. The fourth-order valence-electron chi connectivity index (χ4n) is 2.10. The molecule has 2 aromatic rings. The standard InChI is InChI=1S/C14H11F4NO/c1-7-3-8(2)13(10(15)4-7)11-5-9(14(16,17)18)6-12(20)19-11/h3-6H,1-2H3,(H,19,20). The SMILES string of the molecule is Cc1cc(C)c(-c2cc(C(F)(F)F)cc(=O)[nH]2)c(F)c1. The van der Waals surface area contributed by atoms with E-state index in [1.807, 2.05) is 0 Å². The van der Waals surface area contributed by atoms with E-state index >= 15 is 0 Å². The van der Waals surface area contributed by atoms with Crippen molar-refractivity contribution in [2.24, 2.45) is 0 Å². The Morgan fingerprint density at radius 2 is 1.70 bits per heavy atom. The van der Waals surface area contributed by atoms with Crippen LogP contribution in [0.4, 0.5) is 17.6 Å². The van der Waals surface area contributed by atoms with Gasteiger partial charge in [0.25, 0.3) is 0 Å². The molecule has 1 aromatic heterocycles. The molecule has 106 valence electrons. The van der Waals surface area contributed by atoms with Crippen LogP contribution in [0, 0.1) is 19.7 Å². The molecule has 0 aliphatic carbocycles. The summed E-state index contributed by atoms with van der Waals surface area (Å²) in [7, 11) is 0. The first kappa shape index (κ1) is 14.3. The van der Waals surface area contributed by atoms with Gasteiger partial charge in [0.05, 0.1) is 11.3 Å². The van der Waals surface area contributed by atoms with E-state index in [-0.39, 0.29) is 11.3 Å². The number of aromatic amines is 1. The highest BCUT2D eigenvalue weighted by atomic mass is 19.4. The Labute approximate surface area is 112 Å². The van der Waals surface area contributed by atoms with E-state index in [2.05, 4.69) is 4.98 Å². The summed E-state index contributed by atoms with van der Waals surface area (Å²) >= 11 is 0. The first-order chi connectivity index (χ1) is 9.18. The number of H-pyrrole nitrogens is 1. The Morgan fingerprint density at radius 3 is 2.25 bits per heavy atom. The lowest BCUT2D eigenvalue weighted by Gasteiger charge is -2.12. The lowest BCUT2D eigenvalue weighted by molar-refractivity contribution is -0.137. The third-order valence-electron chi connectivity index (χ3n) is 2.87. The predicted octanol–water partition coefficient (Wildman–Crippen LogP) is 3.82. The van der Waals surface area contributed by atoms with E-state index in [0.717, 1.165) is 6.07 Å². The van der Waals surface area contributed by atoms with Crippen LogP contribution >= 0.6 is 0 Å². The van der Waals surface area contributed by atoms with Crippen LogP contribution in [0.25, 0.3) is 11.3 Å². The summed E-state index contributed by atoms with van der Waals surface area (Å²) in [5, 5.41) is 0. The van der Waals surface area contributed by atoms with Crippen LogP contribution in [-0.4, -0.2) is 4.98 Å². The Hall–Kier alpha value is -2.11. The second-order valence-electron chi connectivity index (χ2n) is 4.58. The molecule has 0 bridgehead atoms. The van der Waals surface area contributed by atoms with Crippen molar-refractivity contribution in [1.82, 2.24) is 4.98 Å². The molecule has 1 N–H and O–H groups in total. The molecule has 6 heteroatoms. The molecule has 0 unspecified atom stereocenters. The maximum atomic E-state index is 14.0. The quantitative estimate of drug-likeness (QED) is 0.794. The van der Waals surface area contributed by atoms with E-state index in [1.165, 1.54) is 6.07 Å². The normalized spacial score (nSPS) is 11.7. The lowest BCUT2D eigenvalue weighted by Crippen LogP contribution is -2.14. The molecule has 1 heterocycles. The van der Waals surface area contributed by atoms with Crippen molar-refractivity contribution in [2.45, 2.75) is 20.0 Å². The zero-order valence-electron chi connectivity index (χ0n) is 10.7. The van der Waals surface area contributed by atoms with Gasteiger partial charge < -0.3 is 4.98 Å². The molecule has 0 aliphatic heterocycles. The number of halogens is 4. The minimum atomic E-state index is -4.65. The fraction of sp³-hybridized carbons (Fsp3) is 0.214. The molecule has 0 saturated carbocycles. The van der Waals surface area contributed by atoms with Crippen LogP contribution in [0.15, 0.2) is 29.1 Å². The molecule has 0 fully saturated rings. The number of aromatic nitrogens is 1. The Balaban J connectivity index is 2.71. The van der Waals surface area contributed by atoms with Crippen LogP contribution in [-0.2, 0) is 6.18 Å².